The first-order valence-corrected chi connectivity index (χ1v) is 6.92. The molecule has 0 bridgehead atoms. The molecule has 22 heavy (non-hydrogen) atoms. The van der Waals surface area contributed by atoms with Gasteiger partial charge in [0.2, 0.25) is 0 Å². The number of hydrogen-bond donors (Lipinski definition) is 3. The maximum atomic E-state index is 5.57. The molecule has 5 N–H and O–H groups in total. The van der Waals surface area contributed by atoms with Crippen LogP contribution in [-0.4, -0.2) is 75.2 Å². The van der Waals surface area contributed by atoms with Crippen LogP contribution in [0.5, 0.6) is 0 Å². The maximum absolute atomic E-state index is 5.57. The zero-order valence-corrected chi connectivity index (χ0v) is 17.2. The molecule has 1 fully saturated rings. The summed E-state index contributed by atoms with van der Waals surface area (Å²) >= 11 is 0. The van der Waals surface area contributed by atoms with Crippen molar-refractivity contribution < 1.29 is 0 Å². The lowest BCUT2D eigenvalue weighted by atomic mass is 10.3. The number of piperazine rings is 1. The van der Waals surface area contributed by atoms with Gasteiger partial charge in [0.25, 0.3) is 0 Å². The number of rotatable bonds is 9. The van der Waals surface area contributed by atoms with E-state index >= 15 is 0 Å². The second kappa shape index (κ2) is 24.5. The molecule has 5 nitrogen and oxygen atoms in total. The number of halogens is 5. The monoisotopic (exact) mass is 423 g/mol. The van der Waals surface area contributed by atoms with Crippen LogP contribution < -0.4 is 16.8 Å². The summed E-state index contributed by atoms with van der Waals surface area (Å²) in [4.78, 5) is 5.04. The van der Waals surface area contributed by atoms with Gasteiger partial charge < -0.3 is 21.7 Å². The fourth-order valence-electron chi connectivity index (χ4n) is 2.18. The Morgan fingerprint density at radius 1 is 0.773 bits per heavy atom. The molecule has 10 heteroatoms. The van der Waals surface area contributed by atoms with E-state index in [2.05, 4.69) is 15.1 Å². The minimum Gasteiger partial charge on any atom is -0.330 e. The van der Waals surface area contributed by atoms with Crippen LogP contribution in [0.4, 0.5) is 0 Å². The first-order valence-electron chi connectivity index (χ1n) is 6.92. The second-order valence-electron chi connectivity index (χ2n) is 4.72. The van der Waals surface area contributed by atoms with Crippen molar-refractivity contribution in [1.29, 1.82) is 0 Å². The highest BCUT2D eigenvalue weighted by molar-refractivity contribution is 5.86. The van der Waals surface area contributed by atoms with Crippen LogP contribution in [0.1, 0.15) is 12.8 Å². The van der Waals surface area contributed by atoms with Crippen molar-refractivity contribution >= 4 is 62.0 Å². The summed E-state index contributed by atoms with van der Waals surface area (Å²) in [5.41, 5.74) is 11.1. The zero-order chi connectivity index (χ0) is 12.3. The molecule has 1 rings (SSSR count). The van der Waals surface area contributed by atoms with Crippen LogP contribution in [0.2, 0.25) is 0 Å². The van der Waals surface area contributed by atoms with Crippen LogP contribution >= 0.6 is 62.0 Å². The Balaban J connectivity index is -0.000000193. The normalized spacial score (nSPS) is 13.8. The van der Waals surface area contributed by atoms with Crippen molar-refractivity contribution in [2.45, 2.75) is 12.8 Å². The lowest BCUT2D eigenvalue weighted by Gasteiger charge is -2.30. The van der Waals surface area contributed by atoms with Gasteiger partial charge in [-0.1, -0.05) is 0 Å². The molecule has 0 spiro atoms. The number of nitrogens with zero attached hydrogens (tertiary/aromatic N) is 2. The molecule has 0 atom stereocenters. The molecule has 1 heterocycles. The molecule has 0 saturated carbocycles. The van der Waals surface area contributed by atoms with E-state index in [1.807, 2.05) is 0 Å². The SMILES string of the molecule is Cl.Cl.Cl.Cl.Cl.NCCCN(CCCN)CCN1CCNCC1. The van der Waals surface area contributed by atoms with Gasteiger partial charge in [0.1, 0.15) is 0 Å². The van der Waals surface area contributed by atoms with E-state index in [1.54, 1.807) is 0 Å². The zero-order valence-electron chi connectivity index (χ0n) is 13.1. The molecule has 0 unspecified atom stereocenters. The van der Waals surface area contributed by atoms with Gasteiger partial charge in [0.15, 0.2) is 0 Å². The molecule has 0 aromatic carbocycles. The van der Waals surface area contributed by atoms with E-state index in [0.29, 0.717) is 0 Å². The Labute approximate surface area is 166 Å². The summed E-state index contributed by atoms with van der Waals surface area (Å²) in [5, 5.41) is 3.38. The predicted octanol–water partition coefficient (Wildman–Crippen LogP) is 1.00. The van der Waals surface area contributed by atoms with Crippen LogP contribution in [-0.2, 0) is 0 Å². The number of nitrogens with two attached hydrogens (primary N) is 2. The van der Waals surface area contributed by atoms with Gasteiger partial charge in [-0.2, -0.15) is 0 Å². The molecular formula is C12H34Cl5N5. The molecule has 0 aromatic rings. The van der Waals surface area contributed by atoms with Crippen molar-refractivity contribution in [3.8, 4) is 0 Å². The van der Waals surface area contributed by atoms with E-state index in [4.69, 9.17) is 11.5 Å². The quantitative estimate of drug-likeness (QED) is 0.514. The first kappa shape index (κ1) is 34.6. The van der Waals surface area contributed by atoms with E-state index in [0.717, 1.165) is 58.7 Å². The van der Waals surface area contributed by atoms with Crippen molar-refractivity contribution in [1.82, 2.24) is 15.1 Å². The minimum atomic E-state index is 0. The number of nitrogens with one attached hydrogen (secondary N) is 1. The van der Waals surface area contributed by atoms with Gasteiger partial charge in [0, 0.05) is 39.3 Å². The van der Waals surface area contributed by atoms with E-state index in [-0.39, 0.29) is 62.0 Å². The molecular weight excluding hydrogens is 391 g/mol. The average Bonchev–Trinajstić information content (AvgIpc) is 2.39. The standard InChI is InChI=1S/C12H29N5.5ClH/c13-3-1-7-16(8-2-4-14)11-12-17-9-5-15-6-10-17;;;;;/h15H,1-14H2;5*1H. The van der Waals surface area contributed by atoms with Gasteiger partial charge in [-0.3, -0.25) is 4.90 Å². The van der Waals surface area contributed by atoms with Crippen molar-refractivity contribution in [3.05, 3.63) is 0 Å². The van der Waals surface area contributed by atoms with Crippen molar-refractivity contribution in [2.75, 3.05) is 65.4 Å². The van der Waals surface area contributed by atoms with E-state index in [9.17, 15) is 0 Å². The summed E-state index contributed by atoms with van der Waals surface area (Å²) in [7, 11) is 0. The smallest absolute Gasteiger partial charge is 0.0110 e. The summed E-state index contributed by atoms with van der Waals surface area (Å²) in [6.07, 6.45) is 2.18. The molecule has 142 valence electrons. The van der Waals surface area contributed by atoms with Gasteiger partial charge in [-0.25, -0.2) is 0 Å². The molecule has 0 radical (unpaired) electrons. The van der Waals surface area contributed by atoms with Crippen molar-refractivity contribution in [3.63, 3.8) is 0 Å². The fourth-order valence-corrected chi connectivity index (χ4v) is 2.18. The molecule has 0 amide bonds. The summed E-state index contributed by atoms with van der Waals surface area (Å²) < 4.78 is 0. The lowest BCUT2D eigenvalue weighted by Crippen LogP contribution is -2.46. The number of hydrogen-bond acceptors (Lipinski definition) is 5. The van der Waals surface area contributed by atoms with E-state index in [1.165, 1.54) is 19.6 Å². The fraction of sp³-hybridized carbons (Fsp3) is 1.00. The Bertz CT molecular complexity index is 179. The van der Waals surface area contributed by atoms with Gasteiger partial charge >= 0.3 is 0 Å². The third-order valence-electron chi connectivity index (χ3n) is 3.30. The first-order chi connectivity index (χ1) is 8.36. The highest BCUT2D eigenvalue weighted by Crippen LogP contribution is 1.97. The lowest BCUT2D eigenvalue weighted by molar-refractivity contribution is 0.187. The largest absolute Gasteiger partial charge is 0.330 e. The van der Waals surface area contributed by atoms with Crippen LogP contribution in [0.25, 0.3) is 0 Å². The highest BCUT2D eigenvalue weighted by Gasteiger charge is 2.11. The van der Waals surface area contributed by atoms with Crippen molar-refractivity contribution in [2.24, 2.45) is 11.5 Å². The molecule has 0 aliphatic carbocycles. The van der Waals surface area contributed by atoms with Gasteiger partial charge in [-0.05, 0) is 39.0 Å². The Kier molecular flexibility index (Phi) is 38.5. The second-order valence-corrected chi connectivity index (χ2v) is 4.72. The maximum Gasteiger partial charge on any atom is 0.0110 e. The summed E-state index contributed by atoms with van der Waals surface area (Å²) in [5.74, 6) is 0. The molecule has 1 aliphatic rings. The van der Waals surface area contributed by atoms with Crippen LogP contribution in [0.3, 0.4) is 0 Å². The Hall–Kier alpha value is 1.25. The topological polar surface area (TPSA) is 70.5 Å². The highest BCUT2D eigenvalue weighted by atomic mass is 35.5. The Morgan fingerprint density at radius 3 is 1.64 bits per heavy atom. The predicted molar refractivity (Wildman–Crippen MR) is 109 cm³/mol. The summed E-state index contributed by atoms with van der Waals surface area (Å²) in [6.45, 7) is 10.8. The third kappa shape index (κ3) is 17.6. The average molecular weight is 426 g/mol. The van der Waals surface area contributed by atoms with Crippen LogP contribution in [0, 0.1) is 0 Å². The Morgan fingerprint density at radius 2 is 1.23 bits per heavy atom. The summed E-state index contributed by atoms with van der Waals surface area (Å²) in [6, 6.07) is 0. The molecule has 0 aromatic heterocycles. The van der Waals surface area contributed by atoms with Gasteiger partial charge in [-0.15, -0.1) is 62.0 Å². The van der Waals surface area contributed by atoms with E-state index < -0.39 is 0 Å². The third-order valence-corrected chi connectivity index (χ3v) is 3.30. The molecule has 1 aliphatic heterocycles. The molecule has 1 saturated heterocycles. The van der Waals surface area contributed by atoms with Gasteiger partial charge in [0.05, 0.1) is 0 Å². The van der Waals surface area contributed by atoms with Crippen LogP contribution in [0.15, 0.2) is 0 Å². The minimum absolute atomic E-state index is 0.